The van der Waals surface area contributed by atoms with Crippen LogP contribution in [-0.4, -0.2) is 39.9 Å². The predicted octanol–water partition coefficient (Wildman–Crippen LogP) is 2.50. The van der Waals surface area contributed by atoms with E-state index in [0.29, 0.717) is 0 Å². The minimum Gasteiger partial charge on any atom is -0.481 e. The van der Waals surface area contributed by atoms with Crippen molar-refractivity contribution < 1.29 is 19.5 Å². The number of amidine groups is 1. The lowest BCUT2D eigenvalue weighted by Gasteiger charge is -2.11. The van der Waals surface area contributed by atoms with Gasteiger partial charge in [-0.3, -0.25) is 14.4 Å². The van der Waals surface area contributed by atoms with Gasteiger partial charge in [-0.2, -0.15) is 10.1 Å². The van der Waals surface area contributed by atoms with Crippen molar-refractivity contribution in [2.45, 2.75) is 32.2 Å². The van der Waals surface area contributed by atoms with Gasteiger partial charge in [0.15, 0.2) is 6.04 Å². The molecule has 9 heteroatoms. The highest BCUT2D eigenvalue weighted by Crippen LogP contribution is 2.18. The summed E-state index contributed by atoms with van der Waals surface area (Å²) < 4.78 is 0. The lowest BCUT2D eigenvalue weighted by Crippen LogP contribution is -2.22. The highest BCUT2D eigenvalue weighted by atomic mass is 32.2. The average molecular weight is 362 g/mol. The summed E-state index contributed by atoms with van der Waals surface area (Å²) >= 11 is 1.01. The summed E-state index contributed by atoms with van der Waals surface area (Å²) in [6.07, 6.45) is 0.691. The predicted molar refractivity (Wildman–Crippen MR) is 94.9 cm³/mol. The number of benzene rings is 1. The van der Waals surface area contributed by atoms with Crippen LogP contribution in [0, 0.1) is 0 Å². The fourth-order valence-corrected chi connectivity index (χ4v) is 2.72. The van der Waals surface area contributed by atoms with E-state index >= 15 is 0 Å². The molecule has 1 aromatic rings. The van der Waals surface area contributed by atoms with Gasteiger partial charge in [-0.15, -0.1) is 5.11 Å². The molecular formula is C16H18N4O4S. The van der Waals surface area contributed by atoms with Crippen LogP contribution in [-0.2, 0) is 20.8 Å². The van der Waals surface area contributed by atoms with Crippen LogP contribution < -0.4 is 5.32 Å². The number of carbonyl (C=O) groups is 3. The molecule has 0 bridgehead atoms. The standard InChI is InChI=1S/C16H18N4O4S/c1-2-10-5-3-4-6-11(10)17-13(21)9-25-16-18-15(24)12(19-20-16)7-8-14(22)23/h3-6,12H,2,7-9H2,1H3,(H,17,21)(H,22,23). The molecule has 132 valence electrons. The van der Waals surface area contributed by atoms with Gasteiger partial charge in [-0.1, -0.05) is 36.9 Å². The van der Waals surface area contributed by atoms with Crippen molar-refractivity contribution in [3.63, 3.8) is 0 Å². The van der Waals surface area contributed by atoms with E-state index < -0.39 is 17.9 Å². The number of carboxylic acids is 1. The molecule has 25 heavy (non-hydrogen) atoms. The number of aryl methyl sites for hydroxylation is 1. The van der Waals surface area contributed by atoms with Crippen molar-refractivity contribution in [1.82, 2.24) is 0 Å². The molecule has 0 fully saturated rings. The monoisotopic (exact) mass is 362 g/mol. The second kappa shape index (κ2) is 9.07. The first-order valence-corrected chi connectivity index (χ1v) is 8.74. The van der Waals surface area contributed by atoms with E-state index in [2.05, 4.69) is 20.5 Å². The summed E-state index contributed by atoms with van der Waals surface area (Å²) in [7, 11) is 0. The number of anilines is 1. The van der Waals surface area contributed by atoms with E-state index in [9.17, 15) is 14.4 Å². The van der Waals surface area contributed by atoms with Gasteiger partial charge in [-0.25, -0.2) is 0 Å². The lowest BCUT2D eigenvalue weighted by atomic mass is 10.1. The Morgan fingerprint density at radius 2 is 2.08 bits per heavy atom. The van der Waals surface area contributed by atoms with Crippen molar-refractivity contribution in [2.75, 3.05) is 11.1 Å². The molecule has 2 amide bonds. The van der Waals surface area contributed by atoms with Crippen LogP contribution in [0.25, 0.3) is 0 Å². The van der Waals surface area contributed by atoms with Crippen LogP contribution in [0.1, 0.15) is 25.3 Å². The summed E-state index contributed by atoms with van der Waals surface area (Å²) in [5.74, 6) is -1.72. The number of nitrogens with one attached hydrogen (secondary N) is 1. The minimum atomic E-state index is -1.00. The molecule has 1 aliphatic heterocycles. The average Bonchev–Trinajstić information content (AvgIpc) is 2.59. The molecule has 1 heterocycles. The van der Waals surface area contributed by atoms with Crippen LogP contribution in [0.15, 0.2) is 39.5 Å². The maximum absolute atomic E-state index is 12.0. The molecule has 2 rings (SSSR count). The lowest BCUT2D eigenvalue weighted by molar-refractivity contribution is -0.137. The Bertz CT molecular complexity index is 733. The zero-order valence-electron chi connectivity index (χ0n) is 13.6. The third-order valence-electron chi connectivity index (χ3n) is 3.41. The van der Waals surface area contributed by atoms with Crippen LogP contribution in [0.3, 0.4) is 0 Å². The van der Waals surface area contributed by atoms with E-state index in [1.807, 2.05) is 31.2 Å². The Kier molecular flexibility index (Phi) is 6.81. The Morgan fingerprint density at radius 1 is 1.32 bits per heavy atom. The van der Waals surface area contributed by atoms with Gasteiger partial charge < -0.3 is 10.4 Å². The molecule has 2 N–H and O–H groups in total. The molecule has 0 spiro atoms. The highest BCUT2D eigenvalue weighted by Gasteiger charge is 2.23. The number of nitrogens with zero attached hydrogens (tertiary/aromatic N) is 3. The molecule has 0 aromatic heterocycles. The largest absolute Gasteiger partial charge is 0.481 e. The summed E-state index contributed by atoms with van der Waals surface area (Å²) in [5.41, 5.74) is 1.79. The molecule has 1 aliphatic rings. The number of carbonyl (C=O) groups excluding carboxylic acids is 2. The molecule has 1 unspecified atom stereocenters. The van der Waals surface area contributed by atoms with Crippen molar-refractivity contribution in [1.29, 1.82) is 0 Å². The molecule has 0 aliphatic carbocycles. The number of thioether (sulfide) groups is 1. The van der Waals surface area contributed by atoms with Crippen LogP contribution in [0.5, 0.6) is 0 Å². The maximum atomic E-state index is 12.0. The van der Waals surface area contributed by atoms with E-state index in [4.69, 9.17) is 5.11 Å². The fraction of sp³-hybridized carbons (Fsp3) is 0.375. The number of para-hydroxylation sites is 1. The van der Waals surface area contributed by atoms with E-state index in [1.54, 1.807) is 0 Å². The van der Waals surface area contributed by atoms with Crippen molar-refractivity contribution in [3.05, 3.63) is 29.8 Å². The zero-order valence-corrected chi connectivity index (χ0v) is 14.5. The molecule has 0 radical (unpaired) electrons. The number of carboxylic acid groups (broad SMARTS) is 1. The van der Waals surface area contributed by atoms with Gasteiger partial charge in [0, 0.05) is 12.1 Å². The number of azo groups is 1. The number of amides is 2. The third kappa shape index (κ3) is 5.79. The molecule has 0 saturated heterocycles. The van der Waals surface area contributed by atoms with Crippen LogP contribution in [0.4, 0.5) is 5.69 Å². The third-order valence-corrected chi connectivity index (χ3v) is 4.25. The Balaban J connectivity index is 1.84. The Labute approximate surface area is 148 Å². The van der Waals surface area contributed by atoms with Gasteiger partial charge >= 0.3 is 5.97 Å². The van der Waals surface area contributed by atoms with E-state index in [0.717, 1.165) is 29.4 Å². The van der Waals surface area contributed by atoms with E-state index in [-0.39, 0.29) is 29.7 Å². The van der Waals surface area contributed by atoms with Crippen LogP contribution in [0.2, 0.25) is 0 Å². The smallest absolute Gasteiger partial charge is 0.303 e. The van der Waals surface area contributed by atoms with Crippen LogP contribution >= 0.6 is 11.8 Å². The number of rotatable bonds is 7. The molecule has 0 saturated carbocycles. The number of aliphatic carboxylic acids is 1. The highest BCUT2D eigenvalue weighted by molar-refractivity contribution is 8.14. The number of aliphatic imine (C=N–C) groups is 1. The Morgan fingerprint density at radius 3 is 2.76 bits per heavy atom. The fourth-order valence-electron chi connectivity index (χ4n) is 2.13. The van der Waals surface area contributed by atoms with Gasteiger partial charge in [0.1, 0.15) is 0 Å². The number of hydrogen-bond acceptors (Lipinski definition) is 6. The summed E-state index contributed by atoms with van der Waals surface area (Å²) in [4.78, 5) is 38.1. The molecule has 8 nitrogen and oxygen atoms in total. The molecular weight excluding hydrogens is 344 g/mol. The van der Waals surface area contributed by atoms with Gasteiger partial charge in [-0.05, 0) is 24.5 Å². The second-order valence-electron chi connectivity index (χ2n) is 5.24. The van der Waals surface area contributed by atoms with Gasteiger partial charge in [0.25, 0.3) is 5.91 Å². The number of hydrogen-bond donors (Lipinski definition) is 2. The molecule has 1 atom stereocenters. The summed E-state index contributed by atoms with van der Waals surface area (Å²) in [6.45, 7) is 2.00. The van der Waals surface area contributed by atoms with Crippen molar-refractivity contribution >= 4 is 40.4 Å². The SMILES string of the molecule is CCc1ccccc1NC(=O)CSC1=NC(=O)C(CCC(=O)O)N=N1. The topological polar surface area (TPSA) is 121 Å². The first-order chi connectivity index (χ1) is 12.0. The first kappa shape index (κ1) is 18.8. The summed E-state index contributed by atoms with van der Waals surface area (Å²) in [6, 6.07) is 6.67. The maximum Gasteiger partial charge on any atom is 0.303 e. The van der Waals surface area contributed by atoms with E-state index in [1.165, 1.54) is 0 Å². The van der Waals surface area contributed by atoms with Crippen molar-refractivity contribution in [3.8, 4) is 0 Å². The summed E-state index contributed by atoms with van der Waals surface area (Å²) in [5, 5.41) is 19.1. The van der Waals surface area contributed by atoms with Gasteiger partial charge in [0.2, 0.25) is 11.1 Å². The molecule has 1 aromatic carbocycles. The van der Waals surface area contributed by atoms with Gasteiger partial charge in [0.05, 0.1) is 5.75 Å². The van der Waals surface area contributed by atoms with Crippen molar-refractivity contribution in [2.24, 2.45) is 15.2 Å². The minimum absolute atomic E-state index is 0.0446. The zero-order chi connectivity index (χ0) is 18.2. The quantitative estimate of drug-likeness (QED) is 0.772. The second-order valence-corrected chi connectivity index (χ2v) is 6.19. The normalized spacial score (nSPS) is 16.4. The Hall–Kier alpha value is -2.55. The first-order valence-electron chi connectivity index (χ1n) is 7.75.